The van der Waals surface area contributed by atoms with Crippen molar-refractivity contribution in [1.29, 1.82) is 0 Å². The van der Waals surface area contributed by atoms with E-state index in [0.717, 1.165) is 25.6 Å². The molecule has 1 aromatic carbocycles. The minimum atomic E-state index is 0. The van der Waals surface area contributed by atoms with E-state index >= 15 is 0 Å². The Labute approximate surface area is 205 Å². The van der Waals surface area contributed by atoms with Crippen molar-refractivity contribution in [3.8, 4) is 11.6 Å². The van der Waals surface area contributed by atoms with Crippen LogP contribution in [0.4, 0.5) is 0 Å². The number of rotatable bonds is 8. The standard InChI is InChI=1S/C23H29N7O.HI/c1-24-23(26-14-12-21-28-22(31-29-21)19-11-5-6-13-25-19)27-17-20(30-15-7-8-16-30)18-9-3-2-4-10-18;/h2-6,9-11,13,20H,7-8,12,14-17H2,1H3,(H2,24,26,27);1H. The van der Waals surface area contributed by atoms with Gasteiger partial charge in [0.05, 0.1) is 6.04 Å². The van der Waals surface area contributed by atoms with E-state index in [9.17, 15) is 0 Å². The Kier molecular flexibility index (Phi) is 9.42. The quantitative estimate of drug-likeness (QED) is 0.254. The number of hydrogen-bond acceptors (Lipinski definition) is 6. The maximum Gasteiger partial charge on any atom is 0.276 e. The van der Waals surface area contributed by atoms with Crippen molar-refractivity contribution in [3.05, 3.63) is 66.1 Å². The van der Waals surface area contributed by atoms with E-state index in [4.69, 9.17) is 4.52 Å². The van der Waals surface area contributed by atoms with Crippen molar-refractivity contribution < 1.29 is 4.52 Å². The Balaban J connectivity index is 0.00000289. The van der Waals surface area contributed by atoms with Crippen molar-refractivity contribution in [2.45, 2.75) is 25.3 Å². The summed E-state index contributed by atoms with van der Waals surface area (Å²) in [4.78, 5) is 15.6. The van der Waals surface area contributed by atoms with Gasteiger partial charge in [-0.25, -0.2) is 0 Å². The third-order valence-electron chi connectivity index (χ3n) is 5.45. The van der Waals surface area contributed by atoms with Crippen LogP contribution >= 0.6 is 24.0 Å². The predicted octanol–water partition coefficient (Wildman–Crippen LogP) is 3.29. The van der Waals surface area contributed by atoms with Gasteiger partial charge >= 0.3 is 0 Å². The van der Waals surface area contributed by atoms with E-state index in [1.165, 1.54) is 18.4 Å². The lowest BCUT2D eigenvalue weighted by atomic mass is 10.1. The molecule has 0 bridgehead atoms. The Morgan fingerprint density at radius 2 is 1.88 bits per heavy atom. The summed E-state index contributed by atoms with van der Waals surface area (Å²) >= 11 is 0. The van der Waals surface area contributed by atoms with E-state index in [-0.39, 0.29) is 24.0 Å². The minimum absolute atomic E-state index is 0. The van der Waals surface area contributed by atoms with E-state index in [2.05, 4.69) is 66.0 Å². The molecule has 0 saturated carbocycles. The molecule has 0 radical (unpaired) electrons. The smallest absolute Gasteiger partial charge is 0.276 e. The predicted molar refractivity (Wildman–Crippen MR) is 136 cm³/mol. The zero-order valence-electron chi connectivity index (χ0n) is 18.3. The van der Waals surface area contributed by atoms with Crippen LogP contribution in [0.25, 0.3) is 11.6 Å². The van der Waals surface area contributed by atoms with Gasteiger partial charge < -0.3 is 15.2 Å². The molecule has 4 rings (SSSR count). The normalized spacial score (nSPS) is 15.2. The maximum absolute atomic E-state index is 5.32. The van der Waals surface area contributed by atoms with Crippen molar-refractivity contribution in [2.24, 2.45) is 4.99 Å². The maximum atomic E-state index is 5.32. The lowest BCUT2D eigenvalue weighted by Gasteiger charge is -2.28. The summed E-state index contributed by atoms with van der Waals surface area (Å²) in [7, 11) is 1.79. The number of aromatic nitrogens is 3. The van der Waals surface area contributed by atoms with Gasteiger partial charge in [-0.3, -0.25) is 14.9 Å². The number of nitrogens with zero attached hydrogens (tertiary/aromatic N) is 5. The van der Waals surface area contributed by atoms with Gasteiger partial charge in [0, 0.05) is 32.8 Å². The van der Waals surface area contributed by atoms with Crippen molar-refractivity contribution in [3.63, 3.8) is 0 Å². The van der Waals surface area contributed by atoms with Gasteiger partial charge in [-0.1, -0.05) is 41.6 Å². The molecule has 0 amide bonds. The van der Waals surface area contributed by atoms with Crippen LogP contribution in [0.2, 0.25) is 0 Å². The van der Waals surface area contributed by atoms with Crippen molar-refractivity contribution >= 4 is 29.9 Å². The lowest BCUT2D eigenvalue weighted by molar-refractivity contribution is 0.245. The molecule has 170 valence electrons. The molecular formula is C23H30IN7O. The molecule has 1 unspecified atom stereocenters. The first kappa shape index (κ1) is 24.1. The number of nitrogens with one attached hydrogen (secondary N) is 2. The summed E-state index contributed by atoms with van der Waals surface area (Å²) in [6.45, 7) is 3.74. The van der Waals surface area contributed by atoms with E-state index in [0.29, 0.717) is 36.4 Å². The Morgan fingerprint density at radius 3 is 2.59 bits per heavy atom. The molecule has 1 atom stereocenters. The number of guanidine groups is 1. The van der Waals surface area contributed by atoms with Gasteiger partial charge in [0.15, 0.2) is 11.8 Å². The summed E-state index contributed by atoms with van der Waals surface area (Å²) < 4.78 is 5.32. The highest BCUT2D eigenvalue weighted by molar-refractivity contribution is 14.0. The molecule has 1 aliphatic rings. The van der Waals surface area contributed by atoms with Gasteiger partial charge in [-0.2, -0.15) is 4.98 Å². The van der Waals surface area contributed by atoms with Gasteiger partial charge in [0.2, 0.25) is 0 Å². The summed E-state index contributed by atoms with van der Waals surface area (Å²) in [5.41, 5.74) is 2.02. The highest BCUT2D eigenvalue weighted by Gasteiger charge is 2.23. The first-order valence-corrected chi connectivity index (χ1v) is 10.8. The van der Waals surface area contributed by atoms with E-state index in [1.54, 1.807) is 13.2 Å². The third-order valence-corrected chi connectivity index (χ3v) is 5.45. The number of pyridine rings is 1. The van der Waals surface area contributed by atoms with Gasteiger partial charge in [0.1, 0.15) is 5.69 Å². The molecule has 2 aromatic heterocycles. The number of likely N-dealkylation sites (tertiary alicyclic amines) is 1. The molecule has 3 heterocycles. The van der Waals surface area contributed by atoms with Gasteiger partial charge in [-0.15, -0.1) is 24.0 Å². The van der Waals surface area contributed by atoms with Crippen molar-refractivity contribution in [2.75, 3.05) is 33.2 Å². The average molecular weight is 547 g/mol. The van der Waals surface area contributed by atoms with Gasteiger partial charge in [0.25, 0.3) is 5.89 Å². The summed E-state index contributed by atoms with van der Waals surface area (Å²) in [5.74, 6) is 1.85. The summed E-state index contributed by atoms with van der Waals surface area (Å²) in [5, 5.41) is 10.9. The zero-order valence-corrected chi connectivity index (χ0v) is 20.6. The first-order valence-electron chi connectivity index (χ1n) is 10.8. The van der Waals surface area contributed by atoms with E-state index < -0.39 is 0 Å². The fourth-order valence-corrected chi connectivity index (χ4v) is 3.84. The molecule has 0 aliphatic carbocycles. The molecule has 9 heteroatoms. The van der Waals surface area contributed by atoms with Crippen LogP contribution in [0.3, 0.4) is 0 Å². The Hall–Kier alpha value is -2.53. The minimum Gasteiger partial charge on any atom is -0.356 e. The van der Waals surface area contributed by atoms with Crippen LogP contribution in [-0.4, -0.2) is 59.2 Å². The number of aliphatic imine (C=N–C) groups is 1. The number of halogens is 1. The van der Waals surface area contributed by atoms with Crippen LogP contribution in [-0.2, 0) is 6.42 Å². The topological polar surface area (TPSA) is 91.5 Å². The monoisotopic (exact) mass is 547 g/mol. The van der Waals surface area contributed by atoms with Crippen LogP contribution in [0.15, 0.2) is 64.2 Å². The second-order valence-electron chi connectivity index (χ2n) is 7.53. The van der Waals surface area contributed by atoms with Crippen LogP contribution in [0.5, 0.6) is 0 Å². The second-order valence-corrected chi connectivity index (χ2v) is 7.53. The molecule has 1 saturated heterocycles. The zero-order chi connectivity index (χ0) is 21.3. The molecule has 2 N–H and O–H groups in total. The van der Waals surface area contributed by atoms with Crippen LogP contribution in [0.1, 0.15) is 30.3 Å². The third kappa shape index (κ3) is 6.49. The van der Waals surface area contributed by atoms with Crippen LogP contribution < -0.4 is 10.6 Å². The largest absolute Gasteiger partial charge is 0.356 e. The Morgan fingerprint density at radius 1 is 1.09 bits per heavy atom. The fraction of sp³-hybridized carbons (Fsp3) is 0.391. The molecule has 32 heavy (non-hydrogen) atoms. The number of benzene rings is 1. The molecule has 3 aromatic rings. The second kappa shape index (κ2) is 12.5. The first-order chi connectivity index (χ1) is 15.3. The van der Waals surface area contributed by atoms with E-state index in [1.807, 2.05) is 18.2 Å². The fourth-order valence-electron chi connectivity index (χ4n) is 3.84. The molecule has 1 aliphatic heterocycles. The average Bonchev–Trinajstić information content (AvgIpc) is 3.52. The van der Waals surface area contributed by atoms with Crippen molar-refractivity contribution in [1.82, 2.24) is 30.7 Å². The summed E-state index contributed by atoms with van der Waals surface area (Å²) in [6, 6.07) is 16.6. The lowest BCUT2D eigenvalue weighted by Crippen LogP contribution is -2.43. The molecule has 0 spiro atoms. The van der Waals surface area contributed by atoms with Crippen LogP contribution in [0, 0.1) is 0 Å². The molecule has 1 fully saturated rings. The summed E-state index contributed by atoms with van der Waals surface area (Å²) in [6.07, 6.45) is 4.87. The van der Waals surface area contributed by atoms with Gasteiger partial charge in [-0.05, 0) is 43.6 Å². The molecule has 8 nitrogen and oxygen atoms in total. The highest BCUT2D eigenvalue weighted by atomic mass is 127. The SMILES string of the molecule is CN=C(NCCc1noc(-c2ccccn2)n1)NCC(c1ccccc1)N1CCCC1.I. The molecular weight excluding hydrogens is 517 g/mol. The number of hydrogen-bond donors (Lipinski definition) is 2. The highest BCUT2D eigenvalue weighted by Crippen LogP contribution is 2.24. The Bertz CT molecular complexity index is 959.